The molecule has 0 atom stereocenters. The van der Waals surface area contributed by atoms with Crippen LogP contribution in [-0.2, 0) is 4.74 Å². The molecule has 0 amide bonds. The molecule has 0 saturated carbocycles. The quantitative estimate of drug-likeness (QED) is 0.568. The molecule has 0 rings (SSSR count). The van der Waals surface area contributed by atoms with Gasteiger partial charge in [-0.3, -0.25) is 0 Å². The Morgan fingerprint density at radius 2 is 1.71 bits per heavy atom. The molecular formula is C11H23NOS. The van der Waals surface area contributed by atoms with E-state index in [4.69, 9.17) is 22.7 Å². The lowest BCUT2D eigenvalue weighted by molar-refractivity contribution is -0.00628. The first-order valence-electron chi connectivity index (χ1n) is 5.09. The van der Waals surface area contributed by atoms with Crippen molar-refractivity contribution in [1.82, 2.24) is 0 Å². The highest BCUT2D eigenvalue weighted by Crippen LogP contribution is 2.23. The lowest BCUT2D eigenvalue weighted by Crippen LogP contribution is -2.30. The average molecular weight is 217 g/mol. The Labute approximate surface area is 93.2 Å². The van der Waals surface area contributed by atoms with Crippen LogP contribution in [0.3, 0.4) is 0 Å². The number of ether oxygens (including phenoxy) is 1. The summed E-state index contributed by atoms with van der Waals surface area (Å²) in [5, 5.41) is 0. The van der Waals surface area contributed by atoms with Gasteiger partial charge in [0.05, 0.1) is 10.6 Å². The Kier molecular flexibility index (Phi) is 5.02. The predicted molar refractivity (Wildman–Crippen MR) is 65.5 cm³/mol. The summed E-state index contributed by atoms with van der Waals surface area (Å²) in [6.45, 7) is 11.1. The second-order valence-corrected chi connectivity index (χ2v) is 5.75. The minimum atomic E-state index is -0.0482. The van der Waals surface area contributed by atoms with Gasteiger partial charge in [-0.05, 0) is 33.6 Å². The molecule has 2 nitrogen and oxygen atoms in total. The maximum absolute atomic E-state index is 5.63. The molecule has 2 N–H and O–H groups in total. The Bertz CT molecular complexity index is 194. The van der Waals surface area contributed by atoms with Gasteiger partial charge in [-0.25, -0.2) is 0 Å². The number of hydrogen-bond donors (Lipinski definition) is 1. The zero-order valence-electron chi connectivity index (χ0n) is 10.0. The molecule has 0 spiro atoms. The van der Waals surface area contributed by atoms with Gasteiger partial charge in [-0.1, -0.05) is 26.1 Å². The van der Waals surface area contributed by atoms with E-state index >= 15 is 0 Å². The lowest BCUT2D eigenvalue weighted by Gasteiger charge is -2.24. The second kappa shape index (κ2) is 5.08. The molecule has 0 saturated heterocycles. The van der Waals surface area contributed by atoms with Crippen molar-refractivity contribution in [2.45, 2.75) is 53.1 Å². The standard InChI is InChI=1S/C11H23NOS/c1-10(2,3)13-8-6-7-11(4,5)9(12)14/h6-8H2,1-5H3,(H2,12,14). The van der Waals surface area contributed by atoms with Crippen LogP contribution >= 0.6 is 12.2 Å². The van der Waals surface area contributed by atoms with E-state index in [9.17, 15) is 0 Å². The molecule has 0 fully saturated rings. The highest BCUT2D eigenvalue weighted by Gasteiger charge is 2.21. The van der Waals surface area contributed by atoms with Crippen molar-refractivity contribution in [2.75, 3.05) is 6.61 Å². The van der Waals surface area contributed by atoms with Gasteiger partial charge < -0.3 is 10.5 Å². The van der Waals surface area contributed by atoms with Crippen molar-refractivity contribution in [2.24, 2.45) is 11.1 Å². The molecular weight excluding hydrogens is 194 g/mol. The van der Waals surface area contributed by atoms with Crippen molar-refractivity contribution in [1.29, 1.82) is 0 Å². The van der Waals surface area contributed by atoms with Crippen molar-refractivity contribution < 1.29 is 4.74 Å². The summed E-state index contributed by atoms with van der Waals surface area (Å²) in [7, 11) is 0. The fourth-order valence-corrected chi connectivity index (χ4v) is 1.12. The van der Waals surface area contributed by atoms with Gasteiger partial charge in [0.15, 0.2) is 0 Å². The van der Waals surface area contributed by atoms with Gasteiger partial charge in [0.25, 0.3) is 0 Å². The van der Waals surface area contributed by atoms with Crippen molar-refractivity contribution in [3.05, 3.63) is 0 Å². The van der Waals surface area contributed by atoms with Crippen molar-refractivity contribution >= 4 is 17.2 Å². The summed E-state index contributed by atoms with van der Waals surface area (Å²) < 4.78 is 5.62. The van der Waals surface area contributed by atoms with E-state index in [1.807, 2.05) is 0 Å². The van der Waals surface area contributed by atoms with E-state index < -0.39 is 0 Å². The molecule has 0 aliphatic rings. The van der Waals surface area contributed by atoms with E-state index in [1.54, 1.807) is 0 Å². The molecule has 0 aromatic heterocycles. The molecule has 14 heavy (non-hydrogen) atoms. The van der Waals surface area contributed by atoms with Crippen LogP contribution in [0.25, 0.3) is 0 Å². The van der Waals surface area contributed by atoms with Crippen LogP contribution in [0.15, 0.2) is 0 Å². The van der Waals surface area contributed by atoms with Crippen LogP contribution < -0.4 is 5.73 Å². The van der Waals surface area contributed by atoms with Crippen LogP contribution in [0.5, 0.6) is 0 Å². The smallest absolute Gasteiger partial charge is 0.0784 e. The van der Waals surface area contributed by atoms with Crippen LogP contribution in [-0.4, -0.2) is 17.2 Å². The van der Waals surface area contributed by atoms with Crippen molar-refractivity contribution in [3.8, 4) is 0 Å². The minimum absolute atomic E-state index is 0.0451. The maximum Gasteiger partial charge on any atom is 0.0784 e. The zero-order valence-corrected chi connectivity index (χ0v) is 10.8. The molecule has 0 aliphatic carbocycles. The fraction of sp³-hybridized carbons (Fsp3) is 0.909. The Balaban J connectivity index is 3.70. The summed E-state index contributed by atoms with van der Waals surface area (Å²) in [6, 6.07) is 0. The first-order valence-corrected chi connectivity index (χ1v) is 5.50. The minimum Gasteiger partial charge on any atom is -0.393 e. The third-order valence-corrected chi connectivity index (χ3v) is 2.70. The molecule has 0 aromatic carbocycles. The zero-order chi connectivity index (χ0) is 11.4. The van der Waals surface area contributed by atoms with Crippen LogP contribution in [0, 0.1) is 5.41 Å². The summed E-state index contributed by atoms with van der Waals surface area (Å²) in [4.78, 5) is 0.591. The third-order valence-electron chi connectivity index (χ3n) is 2.15. The number of nitrogens with two attached hydrogens (primary N) is 1. The topological polar surface area (TPSA) is 35.2 Å². The SMILES string of the molecule is CC(C)(C)OCCCC(C)(C)C(N)=S. The molecule has 0 aliphatic heterocycles. The molecule has 0 radical (unpaired) electrons. The highest BCUT2D eigenvalue weighted by atomic mass is 32.1. The summed E-state index contributed by atoms with van der Waals surface area (Å²) >= 11 is 4.99. The molecule has 0 aromatic rings. The Morgan fingerprint density at radius 3 is 2.07 bits per heavy atom. The van der Waals surface area contributed by atoms with E-state index in [1.165, 1.54) is 0 Å². The van der Waals surface area contributed by atoms with Crippen molar-refractivity contribution in [3.63, 3.8) is 0 Å². The predicted octanol–water partition coefficient (Wildman–Crippen LogP) is 2.89. The van der Waals surface area contributed by atoms with Gasteiger partial charge in [-0.2, -0.15) is 0 Å². The number of rotatable bonds is 5. The van der Waals surface area contributed by atoms with Gasteiger partial charge >= 0.3 is 0 Å². The first kappa shape index (κ1) is 13.8. The van der Waals surface area contributed by atoms with E-state index in [0.717, 1.165) is 19.4 Å². The van der Waals surface area contributed by atoms with E-state index in [0.29, 0.717) is 4.99 Å². The number of thiocarbonyl (C=S) groups is 1. The van der Waals surface area contributed by atoms with Crippen LogP contribution in [0.2, 0.25) is 0 Å². The largest absolute Gasteiger partial charge is 0.393 e. The van der Waals surface area contributed by atoms with Gasteiger partial charge in [-0.15, -0.1) is 0 Å². The number of hydrogen-bond acceptors (Lipinski definition) is 2. The monoisotopic (exact) mass is 217 g/mol. The molecule has 84 valence electrons. The van der Waals surface area contributed by atoms with E-state index in [-0.39, 0.29) is 11.0 Å². The summed E-state index contributed by atoms with van der Waals surface area (Å²) in [5.41, 5.74) is 5.54. The summed E-state index contributed by atoms with van der Waals surface area (Å²) in [5.74, 6) is 0. The molecule has 3 heteroatoms. The highest BCUT2D eigenvalue weighted by molar-refractivity contribution is 7.80. The van der Waals surface area contributed by atoms with E-state index in [2.05, 4.69) is 34.6 Å². The molecule has 0 unspecified atom stereocenters. The lowest BCUT2D eigenvalue weighted by atomic mass is 9.88. The maximum atomic E-state index is 5.63. The Morgan fingerprint density at radius 1 is 1.21 bits per heavy atom. The average Bonchev–Trinajstić information content (AvgIpc) is 1.96. The van der Waals surface area contributed by atoms with Gasteiger partial charge in [0.1, 0.15) is 0 Å². The van der Waals surface area contributed by atoms with Crippen LogP contribution in [0.4, 0.5) is 0 Å². The fourth-order valence-electron chi connectivity index (χ4n) is 1.02. The summed E-state index contributed by atoms with van der Waals surface area (Å²) in [6.07, 6.45) is 1.99. The second-order valence-electron chi connectivity index (χ2n) is 5.31. The third kappa shape index (κ3) is 6.33. The Hall–Kier alpha value is -0.150. The molecule has 0 bridgehead atoms. The van der Waals surface area contributed by atoms with Gasteiger partial charge in [0.2, 0.25) is 0 Å². The first-order chi connectivity index (χ1) is 6.15. The van der Waals surface area contributed by atoms with Gasteiger partial charge in [0, 0.05) is 12.0 Å². The normalized spacial score (nSPS) is 12.9. The van der Waals surface area contributed by atoms with Crippen LogP contribution in [0.1, 0.15) is 47.5 Å². The molecule has 0 heterocycles.